The van der Waals surface area contributed by atoms with Crippen molar-refractivity contribution in [2.45, 2.75) is 32.6 Å². The van der Waals surface area contributed by atoms with Crippen LogP contribution >= 0.6 is 0 Å². The number of hydrogen-bond acceptors (Lipinski definition) is 3. The lowest BCUT2D eigenvalue weighted by Crippen LogP contribution is -2.45. The average Bonchev–Trinajstić information content (AvgIpc) is 2.98. The zero-order chi connectivity index (χ0) is 11.8. The van der Waals surface area contributed by atoms with Gasteiger partial charge in [-0.2, -0.15) is 0 Å². The maximum absolute atomic E-state index is 12.3. The number of carbonyl (C=O) groups excluding carboxylic acids is 1. The van der Waals surface area contributed by atoms with Crippen LogP contribution in [0.25, 0.3) is 0 Å². The molecular weight excluding hydrogens is 206 g/mol. The van der Waals surface area contributed by atoms with E-state index >= 15 is 0 Å². The maximum Gasteiger partial charge on any atom is 0.307 e. The Labute approximate surface area is 95.4 Å². The Bertz CT molecular complexity index is 303. The molecule has 4 nitrogen and oxygen atoms in total. The molecule has 90 valence electrons. The van der Waals surface area contributed by atoms with Crippen LogP contribution in [0.3, 0.4) is 0 Å². The van der Waals surface area contributed by atoms with Gasteiger partial charge in [0.2, 0.25) is 0 Å². The Kier molecular flexibility index (Phi) is 3.02. The van der Waals surface area contributed by atoms with Gasteiger partial charge in [0.05, 0.1) is 11.3 Å². The molecule has 0 amide bonds. The first-order chi connectivity index (χ1) is 7.62. The van der Waals surface area contributed by atoms with Gasteiger partial charge < -0.3 is 10.4 Å². The molecule has 0 aromatic heterocycles. The van der Waals surface area contributed by atoms with Crippen LogP contribution in [0.1, 0.15) is 32.6 Å². The van der Waals surface area contributed by atoms with Crippen molar-refractivity contribution in [2.75, 3.05) is 13.1 Å². The molecule has 1 aliphatic heterocycles. The van der Waals surface area contributed by atoms with E-state index in [4.69, 9.17) is 0 Å². The summed E-state index contributed by atoms with van der Waals surface area (Å²) in [6.45, 7) is 3.18. The van der Waals surface area contributed by atoms with Gasteiger partial charge in [0, 0.05) is 12.5 Å². The van der Waals surface area contributed by atoms with Crippen molar-refractivity contribution in [3.05, 3.63) is 0 Å². The summed E-state index contributed by atoms with van der Waals surface area (Å²) in [5, 5.41) is 12.4. The Morgan fingerprint density at radius 2 is 2.19 bits per heavy atom. The molecule has 1 aliphatic carbocycles. The molecule has 2 aliphatic rings. The number of carboxylic acids is 1. The Hall–Kier alpha value is -0.900. The van der Waals surface area contributed by atoms with Gasteiger partial charge in [0.15, 0.2) is 0 Å². The van der Waals surface area contributed by atoms with Crippen LogP contribution in [-0.2, 0) is 9.59 Å². The van der Waals surface area contributed by atoms with Gasteiger partial charge in [0.1, 0.15) is 5.78 Å². The third-order valence-electron chi connectivity index (χ3n) is 4.00. The molecule has 2 fully saturated rings. The number of aliphatic carboxylic acids is 1. The van der Waals surface area contributed by atoms with Crippen LogP contribution in [0.2, 0.25) is 0 Å². The van der Waals surface area contributed by atoms with Crippen LogP contribution < -0.4 is 5.32 Å². The number of nitrogens with one attached hydrogen (secondary N) is 1. The highest BCUT2D eigenvalue weighted by Crippen LogP contribution is 2.45. The number of carbonyl (C=O) groups is 2. The molecule has 1 saturated carbocycles. The van der Waals surface area contributed by atoms with Gasteiger partial charge in [-0.15, -0.1) is 0 Å². The summed E-state index contributed by atoms with van der Waals surface area (Å²) in [6.07, 6.45) is 3.13. The van der Waals surface area contributed by atoms with E-state index in [-0.39, 0.29) is 11.7 Å². The van der Waals surface area contributed by atoms with E-state index in [1.165, 1.54) is 0 Å². The summed E-state index contributed by atoms with van der Waals surface area (Å²) in [4.78, 5) is 23.6. The van der Waals surface area contributed by atoms with Gasteiger partial charge in [-0.05, 0) is 32.2 Å². The second-order valence-electron chi connectivity index (χ2n) is 5.02. The molecular formula is C12H19NO3. The molecule has 16 heavy (non-hydrogen) atoms. The molecule has 1 saturated heterocycles. The number of carboxylic acid groups (broad SMARTS) is 1. The minimum absolute atomic E-state index is 0.147. The molecule has 4 heteroatoms. The summed E-state index contributed by atoms with van der Waals surface area (Å²) in [7, 11) is 0. The molecule has 1 unspecified atom stereocenters. The SMILES string of the molecule is CCC(C(=O)O)[C@@]1(C(=O)C2CC2)CCNC1. The highest BCUT2D eigenvalue weighted by atomic mass is 16.4. The number of hydrogen-bond donors (Lipinski definition) is 2. The standard InChI is InChI=1S/C12H19NO3/c1-2-9(11(15)16)12(5-6-13-7-12)10(14)8-3-4-8/h8-9,13H,2-7H2,1H3,(H,15,16)/t9?,12-/m1/s1. The lowest BCUT2D eigenvalue weighted by molar-refractivity contribution is -0.152. The smallest absolute Gasteiger partial charge is 0.307 e. The predicted octanol–water partition coefficient (Wildman–Crippen LogP) is 1.06. The van der Waals surface area contributed by atoms with Crippen molar-refractivity contribution in [3.63, 3.8) is 0 Å². The van der Waals surface area contributed by atoms with Gasteiger partial charge >= 0.3 is 5.97 Å². The first-order valence-corrected chi connectivity index (χ1v) is 6.09. The third-order valence-corrected chi connectivity index (χ3v) is 4.00. The third kappa shape index (κ3) is 1.75. The summed E-state index contributed by atoms with van der Waals surface area (Å²) in [6, 6.07) is 0. The van der Waals surface area contributed by atoms with Crippen molar-refractivity contribution in [1.29, 1.82) is 0 Å². The minimum Gasteiger partial charge on any atom is -0.481 e. The number of ketones is 1. The van der Waals surface area contributed by atoms with Gasteiger partial charge in [-0.3, -0.25) is 9.59 Å². The summed E-state index contributed by atoms with van der Waals surface area (Å²) < 4.78 is 0. The molecule has 0 bridgehead atoms. The molecule has 0 radical (unpaired) electrons. The predicted molar refractivity (Wildman–Crippen MR) is 59.1 cm³/mol. The van der Waals surface area contributed by atoms with E-state index in [1.807, 2.05) is 6.92 Å². The monoisotopic (exact) mass is 225 g/mol. The quantitative estimate of drug-likeness (QED) is 0.734. The fourth-order valence-electron chi connectivity index (χ4n) is 2.94. The van der Waals surface area contributed by atoms with E-state index in [9.17, 15) is 14.7 Å². The fourth-order valence-corrected chi connectivity index (χ4v) is 2.94. The van der Waals surface area contributed by atoms with E-state index in [1.54, 1.807) is 0 Å². The normalized spacial score (nSPS) is 31.3. The topological polar surface area (TPSA) is 66.4 Å². The van der Waals surface area contributed by atoms with Crippen molar-refractivity contribution in [2.24, 2.45) is 17.3 Å². The number of rotatable bonds is 5. The summed E-state index contributed by atoms with van der Waals surface area (Å²) in [5.74, 6) is -0.990. The fraction of sp³-hybridized carbons (Fsp3) is 0.833. The molecule has 0 aromatic rings. The molecule has 2 atom stereocenters. The van der Waals surface area contributed by atoms with Crippen LogP contribution in [-0.4, -0.2) is 29.9 Å². The van der Waals surface area contributed by atoms with Crippen LogP contribution in [0, 0.1) is 17.3 Å². The Morgan fingerprint density at radius 3 is 2.56 bits per heavy atom. The molecule has 2 rings (SSSR count). The van der Waals surface area contributed by atoms with E-state index in [0.29, 0.717) is 19.4 Å². The zero-order valence-electron chi connectivity index (χ0n) is 9.66. The first kappa shape index (κ1) is 11.6. The van der Waals surface area contributed by atoms with Crippen molar-refractivity contribution < 1.29 is 14.7 Å². The Morgan fingerprint density at radius 1 is 1.50 bits per heavy atom. The molecule has 2 N–H and O–H groups in total. The van der Waals surface area contributed by atoms with Crippen molar-refractivity contribution in [3.8, 4) is 0 Å². The average molecular weight is 225 g/mol. The van der Waals surface area contributed by atoms with Gasteiger partial charge in [-0.25, -0.2) is 0 Å². The zero-order valence-corrected chi connectivity index (χ0v) is 9.66. The van der Waals surface area contributed by atoms with E-state index < -0.39 is 17.3 Å². The van der Waals surface area contributed by atoms with Crippen LogP contribution in [0.15, 0.2) is 0 Å². The second-order valence-corrected chi connectivity index (χ2v) is 5.02. The number of Topliss-reactive ketones (excluding diaryl/α,β-unsaturated/α-hetero) is 1. The van der Waals surface area contributed by atoms with E-state index in [2.05, 4.69) is 5.32 Å². The second kappa shape index (κ2) is 4.17. The van der Waals surface area contributed by atoms with Gasteiger partial charge in [-0.1, -0.05) is 6.92 Å². The van der Waals surface area contributed by atoms with Gasteiger partial charge in [0.25, 0.3) is 0 Å². The maximum atomic E-state index is 12.3. The van der Waals surface area contributed by atoms with E-state index in [0.717, 1.165) is 19.4 Å². The highest BCUT2D eigenvalue weighted by molar-refractivity contribution is 5.93. The summed E-state index contributed by atoms with van der Waals surface area (Å²) >= 11 is 0. The Balaban J connectivity index is 2.25. The highest BCUT2D eigenvalue weighted by Gasteiger charge is 2.53. The van der Waals surface area contributed by atoms with Crippen molar-refractivity contribution in [1.82, 2.24) is 5.32 Å². The molecule has 0 aromatic carbocycles. The van der Waals surface area contributed by atoms with Crippen LogP contribution in [0.5, 0.6) is 0 Å². The first-order valence-electron chi connectivity index (χ1n) is 6.09. The minimum atomic E-state index is -0.819. The lowest BCUT2D eigenvalue weighted by Gasteiger charge is -2.32. The largest absolute Gasteiger partial charge is 0.481 e. The van der Waals surface area contributed by atoms with Crippen LogP contribution in [0.4, 0.5) is 0 Å². The lowest BCUT2D eigenvalue weighted by atomic mass is 9.69. The molecule has 1 heterocycles. The summed E-state index contributed by atoms with van der Waals surface area (Å²) in [5.41, 5.74) is -0.623. The molecule has 0 spiro atoms. The van der Waals surface area contributed by atoms with Crippen molar-refractivity contribution >= 4 is 11.8 Å².